The van der Waals surface area contributed by atoms with Gasteiger partial charge in [-0.1, -0.05) is 12.1 Å². The molecule has 8 nitrogen and oxygen atoms in total. The zero-order valence-corrected chi connectivity index (χ0v) is 16.7. The van der Waals surface area contributed by atoms with Gasteiger partial charge in [0.2, 0.25) is 6.10 Å². The lowest BCUT2D eigenvalue weighted by molar-refractivity contribution is -0.160. The summed E-state index contributed by atoms with van der Waals surface area (Å²) in [6.45, 7) is 4.23. The van der Waals surface area contributed by atoms with Crippen molar-refractivity contribution < 1.29 is 39.1 Å². The van der Waals surface area contributed by atoms with E-state index < -0.39 is 18.0 Å². The number of rotatable bonds is 10. The number of phenols is 2. The molecule has 2 rings (SSSR count). The Balaban J connectivity index is 2.07. The fourth-order valence-corrected chi connectivity index (χ4v) is 2.60. The maximum Gasteiger partial charge on any atom is 0.345 e. The number of carbonyl (C=O) groups is 2. The Kier molecular flexibility index (Phi) is 8.10. The maximum atomic E-state index is 12.1. The number of phenolic OH excluding ortho intramolecular Hbond substituents is 2. The van der Waals surface area contributed by atoms with E-state index in [1.807, 2.05) is 0 Å². The van der Waals surface area contributed by atoms with Crippen LogP contribution in [0.25, 0.3) is 6.08 Å². The van der Waals surface area contributed by atoms with E-state index in [0.717, 1.165) is 6.08 Å². The van der Waals surface area contributed by atoms with Crippen LogP contribution < -0.4 is 9.47 Å². The highest BCUT2D eigenvalue weighted by Gasteiger charge is 2.22. The fourth-order valence-electron chi connectivity index (χ4n) is 2.60. The number of hydrogen-bond donors (Lipinski definition) is 3. The second kappa shape index (κ2) is 10.8. The zero-order chi connectivity index (χ0) is 22.1. The fraction of sp³-hybridized carbons (Fsp3) is 0.273. The molecule has 0 bridgehead atoms. The average molecular weight is 416 g/mol. The Labute approximate surface area is 173 Å². The molecular weight excluding hydrogens is 392 g/mol. The molecule has 0 aliphatic rings. The van der Waals surface area contributed by atoms with Gasteiger partial charge in [-0.15, -0.1) is 0 Å². The number of ether oxygens (including phenoxy) is 3. The number of carbonyl (C=O) groups excluding carboxylic acids is 1. The minimum absolute atomic E-state index is 0.0252. The second-order valence-electron chi connectivity index (χ2n) is 6.20. The third kappa shape index (κ3) is 6.44. The molecule has 160 valence electrons. The summed E-state index contributed by atoms with van der Waals surface area (Å²) >= 11 is 0. The minimum atomic E-state index is -1.42. The standard InChI is InChI=1S/C22H24O8/c1-3-28-18-11-14(5-8-16(18)23)7-10-21(25)30-20(22(26)27)13-15-6-9-17(24)19(12-15)29-4-2/h5-12,20,23-24H,3-4,13H2,1-2H3,(H,26,27). The van der Waals surface area contributed by atoms with E-state index in [1.54, 1.807) is 26.0 Å². The van der Waals surface area contributed by atoms with Crippen LogP contribution in [-0.2, 0) is 20.7 Å². The number of esters is 1. The summed E-state index contributed by atoms with van der Waals surface area (Å²) in [6, 6.07) is 8.97. The molecule has 0 aliphatic heterocycles. The third-order valence-electron chi connectivity index (χ3n) is 3.97. The maximum absolute atomic E-state index is 12.1. The monoisotopic (exact) mass is 416 g/mol. The molecule has 0 aliphatic carbocycles. The van der Waals surface area contributed by atoms with Crippen LogP contribution in [0.5, 0.6) is 23.0 Å². The van der Waals surface area contributed by atoms with Gasteiger partial charge < -0.3 is 29.5 Å². The van der Waals surface area contributed by atoms with Crippen LogP contribution >= 0.6 is 0 Å². The van der Waals surface area contributed by atoms with Crippen LogP contribution in [0, 0.1) is 0 Å². The van der Waals surface area contributed by atoms with Gasteiger partial charge in [0.1, 0.15) is 0 Å². The largest absolute Gasteiger partial charge is 0.504 e. The SMILES string of the molecule is CCOc1cc(C=CC(=O)OC(Cc2ccc(O)c(OCC)c2)C(=O)O)ccc1O. The molecule has 0 spiro atoms. The first-order valence-electron chi connectivity index (χ1n) is 9.36. The van der Waals surface area contributed by atoms with Gasteiger partial charge in [-0.05, 0) is 55.3 Å². The van der Waals surface area contributed by atoms with Crippen molar-refractivity contribution in [1.82, 2.24) is 0 Å². The molecule has 0 fully saturated rings. The number of aliphatic carboxylic acids is 1. The van der Waals surface area contributed by atoms with Gasteiger partial charge in [0.15, 0.2) is 23.0 Å². The van der Waals surface area contributed by atoms with Crippen LogP contribution in [0.4, 0.5) is 0 Å². The highest BCUT2D eigenvalue weighted by molar-refractivity contribution is 5.89. The van der Waals surface area contributed by atoms with Crippen molar-refractivity contribution in [2.45, 2.75) is 26.4 Å². The zero-order valence-electron chi connectivity index (χ0n) is 16.7. The lowest BCUT2D eigenvalue weighted by atomic mass is 10.1. The van der Waals surface area contributed by atoms with Crippen LogP contribution in [0.2, 0.25) is 0 Å². The quantitative estimate of drug-likeness (QED) is 0.399. The Morgan fingerprint density at radius 2 is 1.57 bits per heavy atom. The topological polar surface area (TPSA) is 123 Å². The predicted molar refractivity (Wildman–Crippen MR) is 109 cm³/mol. The van der Waals surface area contributed by atoms with E-state index in [2.05, 4.69) is 0 Å². The van der Waals surface area contributed by atoms with Gasteiger partial charge in [-0.2, -0.15) is 0 Å². The van der Waals surface area contributed by atoms with E-state index in [-0.39, 0.29) is 29.4 Å². The first-order valence-corrected chi connectivity index (χ1v) is 9.36. The number of benzene rings is 2. The van der Waals surface area contributed by atoms with Crippen molar-refractivity contribution in [3.63, 3.8) is 0 Å². The minimum Gasteiger partial charge on any atom is -0.504 e. The smallest absolute Gasteiger partial charge is 0.345 e. The lowest BCUT2D eigenvalue weighted by Gasteiger charge is -2.14. The van der Waals surface area contributed by atoms with E-state index in [0.29, 0.717) is 24.3 Å². The number of aromatic hydroxyl groups is 2. The van der Waals surface area contributed by atoms with Gasteiger partial charge in [0, 0.05) is 12.5 Å². The van der Waals surface area contributed by atoms with Crippen LogP contribution in [0.1, 0.15) is 25.0 Å². The summed E-state index contributed by atoms with van der Waals surface area (Å²) in [4.78, 5) is 23.6. The summed E-state index contributed by atoms with van der Waals surface area (Å²) in [5, 5.41) is 28.8. The van der Waals surface area contributed by atoms with E-state index in [9.17, 15) is 24.9 Å². The molecule has 1 atom stereocenters. The van der Waals surface area contributed by atoms with Crippen LogP contribution in [0.15, 0.2) is 42.5 Å². The lowest BCUT2D eigenvalue weighted by Crippen LogP contribution is -2.28. The molecule has 3 N–H and O–H groups in total. The average Bonchev–Trinajstić information content (AvgIpc) is 2.70. The van der Waals surface area contributed by atoms with Gasteiger partial charge in [-0.25, -0.2) is 9.59 Å². The van der Waals surface area contributed by atoms with Gasteiger partial charge in [0.05, 0.1) is 13.2 Å². The van der Waals surface area contributed by atoms with Crippen molar-refractivity contribution in [2.75, 3.05) is 13.2 Å². The Hall–Kier alpha value is -3.68. The van der Waals surface area contributed by atoms with E-state index in [4.69, 9.17) is 14.2 Å². The van der Waals surface area contributed by atoms with Crippen molar-refractivity contribution in [1.29, 1.82) is 0 Å². The molecule has 0 aromatic heterocycles. The van der Waals surface area contributed by atoms with Gasteiger partial charge in [0.25, 0.3) is 0 Å². The van der Waals surface area contributed by atoms with Crippen LogP contribution in [0.3, 0.4) is 0 Å². The summed E-state index contributed by atoms with van der Waals surface area (Å²) in [5.41, 5.74) is 1.10. The highest BCUT2D eigenvalue weighted by atomic mass is 16.6. The van der Waals surface area contributed by atoms with Crippen molar-refractivity contribution in [3.8, 4) is 23.0 Å². The number of carboxylic acids is 1. The van der Waals surface area contributed by atoms with Crippen molar-refractivity contribution >= 4 is 18.0 Å². The Morgan fingerprint density at radius 1 is 0.967 bits per heavy atom. The molecule has 8 heteroatoms. The van der Waals surface area contributed by atoms with E-state index >= 15 is 0 Å². The molecule has 0 saturated heterocycles. The molecule has 0 saturated carbocycles. The number of hydrogen-bond acceptors (Lipinski definition) is 7. The Bertz CT molecular complexity index is 919. The second-order valence-corrected chi connectivity index (χ2v) is 6.20. The molecule has 0 amide bonds. The predicted octanol–water partition coefficient (Wildman–Crippen LogP) is 3.15. The summed E-state index contributed by atoms with van der Waals surface area (Å²) in [6.07, 6.45) is 1.01. The summed E-state index contributed by atoms with van der Waals surface area (Å²) in [5.74, 6) is -1.73. The van der Waals surface area contributed by atoms with Crippen molar-refractivity contribution in [3.05, 3.63) is 53.6 Å². The third-order valence-corrected chi connectivity index (χ3v) is 3.97. The van der Waals surface area contributed by atoms with Gasteiger partial charge in [-0.3, -0.25) is 0 Å². The summed E-state index contributed by atoms with van der Waals surface area (Å²) in [7, 11) is 0. The molecule has 2 aromatic carbocycles. The van der Waals surface area contributed by atoms with Crippen molar-refractivity contribution in [2.24, 2.45) is 0 Å². The van der Waals surface area contributed by atoms with Crippen LogP contribution in [-0.4, -0.2) is 46.6 Å². The molecule has 0 heterocycles. The molecule has 30 heavy (non-hydrogen) atoms. The number of carboxylic acid groups (broad SMARTS) is 1. The summed E-state index contributed by atoms with van der Waals surface area (Å²) < 4.78 is 15.6. The highest BCUT2D eigenvalue weighted by Crippen LogP contribution is 2.28. The molecular formula is C22H24O8. The molecule has 0 radical (unpaired) electrons. The molecule has 2 aromatic rings. The first-order chi connectivity index (χ1) is 14.3. The van der Waals surface area contributed by atoms with E-state index in [1.165, 1.54) is 30.3 Å². The normalized spacial score (nSPS) is 11.8. The Morgan fingerprint density at radius 3 is 2.17 bits per heavy atom. The van der Waals surface area contributed by atoms with Gasteiger partial charge >= 0.3 is 11.9 Å². The first kappa shape index (κ1) is 22.6. The molecule has 1 unspecified atom stereocenters.